The van der Waals surface area contributed by atoms with Crippen LogP contribution in [0.15, 0.2) is 24.8 Å². The van der Waals surface area contributed by atoms with Gasteiger partial charge in [0.15, 0.2) is 0 Å². The highest BCUT2D eigenvalue weighted by Gasteiger charge is 2.32. The number of hydrogen-bond donors (Lipinski definition) is 2. The molecule has 1 fully saturated rings. The van der Waals surface area contributed by atoms with Gasteiger partial charge in [-0.05, 0) is 77.2 Å². The second kappa shape index (κ2) is 9.36. The van der Waals surface area contributed by atoms with E-state index in [1.807, 2.05) is 39.8 Å². The monoisotopic (exact) mass is 398 g/mol. The Morgan fingerprint density at radius 1 is 1.42 bits per heavy atom. The van der Waals surface area contributed by atoms with Crippen LogP contribution in [0.1, 0.15) is 50.8 Å². The molecule has 0 aliphatic carbocycles. The molecule has 2 rings (SSSR count). The Hall–Kier alpha value is -0.880. The second-order valence-corrected chi connectivity index (χ2v) is 10.2. The average Bonchev–Trinajstić information content (AvgIpc) is 2.60. The molecule has 1 saturated heterocycles. The topological polar surface area (TPSA) is 50.4 Å². The largest absolute Gasteiger partial charge is 0.489 e. The van der Waals surface area contributed by atoms with Crippen LogP contribution in [0.2, 0.25) is 5.02 Å². The predicted molar refractivity (Wildman–Crippen MR) is 111 cm³/mol. The molecular formula is C20H31ClN2O2S. The van der Waals surface area contributed by atoms with Gasteiger partial charge in [0.1, 0.15) is 12.4 Å². The first kappa shape index (κ1) is 21.4. The molecule has 1 aromatic rings. The quantitative estimate of drug-likeness (QED) is 0.673. The average molecular weight is 399 g/mol. The van der Waals surface area contributed by atoms with Gasteiger partial charge in [0.05, 0.1) is 21.8 Å². The third-order valence-electron chi connectivity index (χ3n) is 4.63. The molecule has 0 aromatic heterocycles. The van der Waals surface area contributed by atoms with E-state index in [4.69, 9.17) is 16.3 Å². The van der Waals surface area contributed by atoms with Gasteiger partial charge >= 0.3 is 0 Å². The maximum absolute atomic E-state index is 12.9. The number of hydrogen-bond acceptors (Lipinski definition) is 3. The van der Waals surface area contributed by atoms with E-state index in [1.54, 1.807) is 6.08 Å². The van der Waals surface area contributed by atoms with Crippen molar-refractivity contribution in [3.63, 3.8) is 0 Å². The maximum Gasteiger partial charge on any atom is 0.124 e. The molecule has 0 spiro atoms. The molecule has 0 saturated carbocycles. The van der Waals surface area contributed by atoms with Crippen LogP contribution in [0.25, 0.3) is 0 Å². The van der Waals surface area contributed by atoms with Crippen molar-refractivity contribution in [2.24, 2.45) is 5.92 Å². The van der Waals surface area contributed by atoms with Gasteiger partial charge in [-0.15, -0.1) is 0 Å². The normalized spacial score (nSPS) is 18.3. The number of benzene rings is 1. The summed E-state index contributed by atoms with van der Waals surface area (Å²) in [5.74, 6) is 1.15. The van der Waals surface area contributed by atoms with Crippen LogP contribution < -0.4 is 14.8 Å². The molecule has 1 heterocycles. The fourth-order valence-corrected chi connectivity index (χ4v) is 4.15. The van der Waals surface area contributed by atoms with E-state index < -0.39 is 11.0 Å². The summed E-state index contributed by atoms with van der Waals surface area (Å²) >= 11 is 6.44. The van der Waals surface area contributed by atoms with Gasteiger partial charge in [0.25, 0.3) is 0 Å². The Labute approximate surface area is 165 Å². The summed E-state index contributed by atoms with van der Waals surface area (Å²) < 4.78 is 21.8. The third-order valence-corrected chi connectivity index (χ3v) is 6.62. The van der Waals surface area contributed by atoms with E-state index >= 15 is 0 Å². The minimum Gasteiger partial charge on any atom is -0.489 e. The molecule has 1 unspecified atom stereocenters. The van der Waals surface area contributed by atoms with E-state index in [2.05, 4.69) is 16.6 Å². The van der Waals surface area contributed by atoms with Crippen molar-refractivity contribution < 1.29 is 8.95 Å². The first-order chi connectivity index (χ1) is 12.2. The summed E-state index contributed by atoms with van der Waals surface area (Å²) in [5, 5.41) is 4.10. The van der Waals surface area contributed by atoms with Crippen molar-refractivity contribution in [3.05, 3.63) is 40.9 Å². The van der Waals surface area contributed by atoms with E-state index in [1.165, 1.54) is 0 Å². The fraction of sp³-hybridized carbons (Fsp3) is 0.600. The zero-order valence-electron chi connectivity index (χ0n) is 16.2. The number of nitrogens with one attached hydrogen (secondary N) is 2. The van der Waals surface area contributed by atoms with Gasteiger partial charge < -0.3 is 10.1 Å². The fourth-order valence-electron chi connectivity index (χ4n) is 3.07. The maximum atomic E-state index is 12.9. The molecular weight excluding hydrogens is 368 g/mol. The molecule has 0 bridgehead atoms. The van der Waals surface area contributed by atoms with Crippen LogP contribution in [0.5, 0.6) is 5.75 Å². The number of ether oxygens (including phenoxy) is 1. The molecule has 2 N–H and O–H groups in total. The summed E-state index contributed by atoms with van der Waals surface area (Å²) in [5.41, 5.74) is 1.95. The molecule has 1 aromatic carbocycles. The lowest BCUT2D eigenvalue weighted by Gasteiger charge is -2.34. The second-order valence-electron chi connectivity index (χ2n) is 7.80. The van der Waals surface area contributed by atoms with Crippen LogP contribution >= 0.6 is 11.6 Å². The van der Waals surface area contributed by atoms with E-state index in [0.29, 0.717) is 17.5 Å². The highest BCUT2D eigenvalue weighted by Crippen LogP contribution is 2.38. The number of halogens is 1. The Kier molecular flexibility index (Phi) is 7.71. The van der Waals surface area contributed by atoms with Crippen LogP contribution in [-0.4, -0.2) is 28.7 Å². The lowest BCUT2D eigenvalue weighted by Crippen LogP contribution is -2.41. The zero-order chi connectivity index (χ0) is 19.3. The number of aryl methyl sites for hydroxylation is 1. The van der Waals surface area contributed by atoms with Gasteiger partial charge in [0, 0.05) is 10.6 Å². The molecule has 0 amide bonds. The minimum atomic E-state index is -1.18. The molecule has 1 aliphatic rings. The highest BCUT2D eigenvalue weighted by atomic mass is 35.5. The Bertz CT molecular complexity index is 652. The first-order valence-corrected chi connectivity index (χ1v) is 10.7. The summed E-state index contributed by atoms with van der Waals surface area (Å²) in [6.07, 6.45) is 3.77. The van der Waals surface area contributed by atoms with Crippen molar-refractivity contribution in [2.75, 3.05) is 19.7 Å². The lowest BCUT2D eigenvalue weighted by atomic mass is 9.86. The Morgan fingerprint density at radius 2 is 2.08 bits per heavy atom. The highest BCUT2D eigenvalue weighted by molar-refractivity contribution is 7.84. The smallest absolute Gasteiger partial charge is 0.124 e. The van der Waals surface area contributed by atoms with Gasteiger partial charge in [-0.1, -0.05) is 24.3 Å². The van der Waals surface area contributed by atoms with Crippen molar-refractivity contribution in [1.29, 1.82) is 0 Å². The summed E-state index contributed by atoms with van der Waals surface area (Å²) in [6.45, 7) is 14.0. The molecule has 26 heavy (non-hydrogen) atoms. The zero-order valence-corrected chi connectivity index (χ0v) is 17.8. The minimum absolute atomic E-state index is 0.0740. The summed E-state index contributed by atoms with van der Waals surface area (Å²) in [4.78, 5) is 0. The summed E-state index contributed by atoms with van der Waals surface area (Å²) in [6, 6.07) is 3.86. The van der Waals surface area contributed by atoms with Gasteiger partial charge in [0.2, 0.25) is 0 Å². The molecule has 1 aliphatic heterocycles. The molecule has 4 nitrogen and oxygen atoms in total. The van der Waals surface area contributed by atoms with Crippen molar-refractivity contribution in [2.45, 2.75) is 51.3 Å². The van der Waals surface area contributed by atoms with Crippen LogP contribution in [0, 0.1) is 12.8 Å². The SMILES string of the molecule is C=CCOc1cc(C)c(Cl)cc1C(N[S@@](=O)C(C)(C)C)C1CCNCC1. The third kappa shape index (κ3) is 5.56. The van der Waals surface area contributed by atoms with Crippen molar-refractivity contribution >= 4 is 22.6 Å². The standard InChI is InChI=1S/C20H31ClN2O2S/c1-6-11-25-18-12-14(2)17(21)13-16(18)19(15-7-9-22-10-8-15)23-26(24)20(3,4)5/h6,12-13,15,19,22-23H,1,7-11H2,2-5H3/t19?,26-/m0/s1. The van der Waals surface area contributed by atoms with Crippen molar-refractivity contribution in [3.8, 4) is 5.75 Å². The van der Waals surface area contributed by atoms with Crippen LogP contribution in [0.4, 0.5) is 0 Å². The first-order valence-electron chi connectivity index (χ1n) is 9.16. The lowest BCUT2D eigenvalue weighted by molar-refractivity contribution is 0.295. The Morgan fingerprint density at radius 3 is 2.65 bits per heavy atom. The molecule has 0 radical (unpaired) electrons. The Balaban J connectivity index is 2.44. The molecule has 6 heteroatoms. The predicted octanol–water partition coefficient (Wildman–Crippen LogP) is 4.31. The van der Waals surface area contributed by atoms with Crippen LogP contribution in [0.3, 0.4) is 0 Å². The van der Waals surface area contributed by atoms with Gasteiger partial charge in [-0.2, -0.15) is 0 Å². The molecule has 146 valence electrons. The summed E-state index contributed by atoms with van der Waals surface area (Å²) in [7, 11) is -1.18. The van der Waals surface area contributed by atoms with Crippen LogP contribution in [-0.2, 0) is 11.0 Å². The molecule has 2 atom stereocenters. The van der Waals surface area contributed by atoms with Gasteiger partial charge in [-0.3, -0.25) is 0 Å². The van der Waals surface area contributed by atoms with E-state index in [9.17, 15) is 4.21 Å². The number of piperidine rings is 1. The van der Waals surface area contributed by atoms with Gasteiger partial charge in [-0.25, -0.2) is 8.93 Å². The van der Waals surface area contributed by atoms with E-state index in [-0.39, 0.29) is 10.8 Å². The number of rotatable bonds is 7. The van der Waals surface area contributed by atoms with Crippen molar-refractivity contribution in [1.82, 2.24) is 10.0 Å². The van der Waals surface area contributed by atoms with E-state index in [0.717, 1.165) is 42.8 Å².